The van der Waals surface area contributed by atoms with Crippen molar-refractivity contribution in [1.29, 1.82) is 0 Å². The van der Waals surface area contributed by atoms with Gasteiger partial charge in [-0.2, -0.15) is 0 Å². The normalized spacial score (nSPS) is 18.4. The number of halogens is 1. The quantitative estimate of drug-likeness (QED) is 0.905. The van der Waals surface area contributed by atoms with Crippen molar-refractivity contribution >= 4 is 17.5 Å². The second kappa shape index (κ2) is 6.70. The van der Waals surface area contributed by atoms with E-state index in [1.807, 2.05) is 13.8 Å². The van der Waals surface area contributed by atoms with E-state index in [1.165, 1.54) is 12.1 Å². The van der Waals surface area contributed by atoms with Crippen LogP contribution in [0.4, 0.5) is 10.1 Å². The molecule has 0 aromatic heterocycles. The molecule has 2 amide bonds. The third-order valence-corrected chi connectivity index (χ3v) is 3.52. The highest BCUT2D eigenvalue weighted by Gasteiger charge is 2.30. The predicted octanol–water partition coefficient (Wildman–Crippen LogP) is 2.34. The molecule has 1 aromatic rings. The Morgan fingerprint density at radius 1 is 1.38 bits per heavy atom. The summed E-state index contributed by atoms with van der Waals surface area (Å²) in [5.41, 5.74) is 0.706. The molecule has 1 atom stereocenters. The Hall–Kier alpha value is -1.91. The van der Waals surface area contributed by atoms with Crippen LogP contribution in [0.3, 0.4) is 0 Å². The van der Waals surface area contributed by atoms with Crippen molar-refractivity contribution in [2.75, 3.05) is 18.0 Å². The first-order valence-corrected chi connectivity index (χ1v) is 7.28. The van der Waals surface area contributed by atoms with Gasteiger partial charge in [-0.25, -0.2) is 4.39 Å². The molecule has 1 N–H and O–H groups in total. The SMILES string of the molecule is CC(C)CC(=O)NC[C@@H]1CC(=O)N(c2ccc(F)cc2)C1. The maximum Gasteiger partial charge on any atom is 0.227 e. The van der Waals surface area contributed by atoms with Crippen LogP contribution in [0.2, 0.25) is 0 Å². The van der Waals surface area contributed by atoms with E-state index in [0.29, 0.717) is 37.5 Å². The van der Waals surface area contributed by atoms with Gasteiger partial charge in [0.25, 0.3) is 0 Å². The van der Waals surface area contributed by atoms with Crippen molar-refractivity contribution < 1.29 is 14.0 Å². The van der Waals surface area contributed by atoms with Crippen molar-refractivity contribution in [3.05, 3.63) is 30.1 Å². The van der Waals surface area contributed by atoms with Crippen LogP contribution >= 0.6 is 0 Å². The lowest BCUT2D eigenvalue weighted by atomic mass is 10.1. The highest BCUT2D eigenvalue weighted by atomic mass is 19.1. The van der Waals surface area contributed by atoms with Gasteiger partial charge in [0.1, 0.15) is 5.82 Å². The lowest BCUT2D eigenvalue weighted by molar-refractivity contribution is -0.122. The predicted molar refractivity (Wildman–Crippen MR) is 79.3 cm³/mol. The standard InChI is InChI=1S/C16H21FN2O2/c1-11(2)7-15(20)18-9-12-8-16(21)19(10-12)14-5-3-13(17)4-6-14/h3-6,11-12H,7-10H2,1-2H3,(H,18,20)/t12-/m0/s1. The molecule has 2 rings (SSSR count). The molecule has 0 bridgehead atoms. The van der Waals surface area contributed by atoms with Crippen LogP contribution in [0.1, 0.15) is 26.7 Å². The first-order valence-electron chi connectivity index (χ1n) is 7.28. The van der Waals surface area contributed by atoms with Gasteiger partial charge in [-0.15, -0.1) is 0 Å². The molecular weight excluding hydrogens is 271 g/mol. The van der Waals surface area contributed by atoms with Crippen LogP contribution < -0.4 is 10.2 Å². The molecule has 1 heterocycles. The molecule has 5 heteroatoms. The van der Waals surface area contributed by atoms with Gasteiger partial charge in [0, 0.05) is 37.5 Å². The van der Waals surface area contributed by atoms with E-state index in [9.17, 15) is 14.0 Å². The molecule has 1 aliphatic rings. The summed E-state index contributed by atoms with van der Waals surface area (Å²) < 4.78 is 12.9. The Kier molecular flexibility index (Phi) is 4.94. The molecule has 21 heavy (non-hydrogen) atoms. The molecule has 0 spiro atoms. The monoisotopic (exact) mass is 292 g/mol. The van der Waals surface area contributed by atoms with E-state index in [-0.39, 0.29) is 23.5 Å². The number of amides is 2. The van der Waals surface area contributed by atoms with Crippen LogP contribution in [0, 0.1) is 17.7 Å². The van der Waals surface area contributed by atoms with E-state index in [0.717, 1.165) is 0 Å². The Balaban J connectivity index is 1.88. The van der Waals surface area contributed by atoms with Crippen molar-refractivity contribution in [1.82, 2.24) is 5.32 Å². The van der Waals surface area contributed by atoms with Gasteiger partial charge in [-0.3, -0.25) is 9.59 Å². The minimum absolute atomic E-state index is 0.0183. The Labute approximate surface area is 124 Å². The highest BCUT2D eigenvalue weighted by molar-refractivity contribution is 5.95. The molecular formula is C16H21FN2O2. The molecule has 114 valence electrons. The van der Waals surface area contributed by atoms with E-state index < -0.39 is 0 Å². The Morgan fingerprint density at radius 2 is 2.05 bits per heavy atom. The van der Waals surface area contributed by atoms with Crippen LogP contribution in [0.5, 0.6) is 0 Å². The average Bonchev–Trinajstić information content (AvgIpc) is 2.78. The summed E-state index contributed by atoms with van der Waals surface area (Å²) in [6, 6.07) is 5.90. The van der Waals surface area contributed by atoms with Gasteiger partial charge < -0.3 is 10.2 Å². The summed E-state index contributed by atoms with van der Waals surface area (Å²) >= 11 is 0. The van der Waals surface area contributed by atoms with E-state index in [4.69, 9.17) is 0 Å². The van der Waals surface area contributed by atoms with Gasteiger partial charge in [0.05, 0.1) is 0 Å². The molecule has 1 aromatic carbocycles. The smallest absolute Gasteiger partial charge is 0.227 e. The molecule has 0 aliphatic carbocycles. The number of hydrogen-bond acceptors (Lipinski definition) is 2. The number of hydrogen-bond donors (Lipinski definition) is 1. The van der Waals surface area contributed by atoms with Crippen molar-refractivity contribution in [3.8, 4) is 0 Å². The van der Waals surface area contributed by atoms with E-state index in [1.54, 1.807) is 17.0 Å². The lowest BCUT2D eigenvalue weighted by Crippen LogP contribution is -2.31. The van der Waals surface area contributed by atoms with Crippen LogP contribution in [-0.2, 0) is 9.59 Å². The third kappa shape index (κ3) is 4.28. The van der Waals surface area contributed by atoms with Gasteiger partial charge in [-0.05, 0) is 30.2 Å². The second-order valence-corrected chi connectivity index (χ2v) is 5.95. The van der Waals surface area contributed by atoms with Crippen molar-refractivity contribution in [3.63, 3.8) is 0 Å². The second-order valence-electron chi connectivity index (χ2n) is 5.95. The maximum atomic E-state index is 12.9. The minimum Gasteiger partial charge on any atom is -0.356 e. The summed E-state index contributed by atoms with van der Waals surface area (Å²) in [5, 5.41) is 2.88. The fraction of sp³-hybridized carbons (Fsp3) is 0.500. The van der Waals surface area contributed by atoms with Crippen molar-refractivity contribution in [2.45, 2.75) is 26.7 Å². The summed E-state index contributed by atoms with van der Waals surface area (Å²) in [6.45, 7) is 5.06. The maximum absolute atomic E-state index is 12.9. The molecule has 4 nitrogen and oxygen atoms in total. The number of benzene rings is 1. The van der Waals surface area contributed by atoms with Gasteiger partial charge in [0.2, 0.25) is 11.8 Å². The molecule has 1 saturated heterocycles. The zero-order chi connectivity index (χ0) is 15.4. The number of nitrogens with one attached hydrogen (secondary N) is 1. The molecule has 1 aliphatic heterocycles. The highest BCUT2D eigenvalue weighted by Crippen LogP contribution is 2.24. The number of carbonyl (C=O) groups excluding carboxylic acids is 2. The van der Waals surface area contributed by atoms with Crippen LogP contribution in [0.15, 0.2) is 24.3 Å². The summed E-state index contributed by atoms with van der Waals surface area (Å²) in [7, 11) is 0. The molecule has 0 radical (unpaired) electrons. The summed E-state index contributed by atoms with van der Waals surface area (Å²) in [5.74, 6) is 0.162. The van der Waals surface area contributed by atoms with Crippen LogP contribution in [0.25, 0.3) is 0 Å². The van der Waals surface area contributed by atoms with E-state index in [2.05, 4.69) is 5.32 Å². The topological polar surface area (TPSA) is 49.4 Å². The first kappa shape index (κ1) is 15.5. The van der Waals surface area contributed by atoms with E-state index >= 15 is 0 Å². The number of nitrogens with zero attached hydrogens (tertiary/aromatic N) is 1. The van der Waals surface area contributed by atoms with Crippen molar-refractivity contribution in [2.24, 2.45) is 11.8 Å². The summed E-state index contributed by atoms with van der Waals surface area (Å²) in [4.78, 5) is 25.3. The van der Waals surface area contributed by atoms with Crippen LogP contribution in [-0.4, -0.2) is 24.9 Å². The lowest BCUT2D eigenvalue weighted by Gasteiger charge is -2.17. The molecule has 0 unspecified atom stereocenters. The van der Waals surface area contributed by atoms with Gasteiger partial charge >= 0.3 is 0 Å². The van der Waals surface area contributed by atoms with Gasteiger partial charge in [-0.1, -0.05) is 13.8 Å². The zero-order valence-electron chi connectivity index (χ0n) is 12.4. The van der Waals surface area contributed by atoms with Gasteiger partial charge in [0.15, 0.2) is 0 Å². The Bertz CT molecular complexity index is 514. The third-order valence-electron chi connectivity index (χ3n) is 3.52. The fourth-order valence-electron chi connectivity index (χ4n) is 2.49. The largest absolute Gasteiger partial charge is 0.356 e. The average molecular weight is 292 g/mol. The Morgan fingerprint density at radius 3 is 2.67 bits per heavy atom. The number of anilines is 1. The zero-order valence-corrected chi connectivity index (χ0v) is 12.4. The summed E-state index contributed by atoms with van der Waals surface area (Å²) in [6.07, 6.45) is 0.918. The minimum atomic E-state index is -0.317. The molecule has 0 saturated carbocycles. The molecule has 1 fully saturated rings. The number of rotatable bonds is 5. The fourth-order valence-corrected chi connectivity index (χ4v) is 2.49. The first-order chi connectivity index (χ1) is 9.95. The number of carbonyl (C=O) groups is 2.